The molecule has 2 aromatic heterocycles. The van der Waals surface area contributed by atoms with Gasteiger partial charge in [0.15, 0.2) is 0 Å². The third kappa shape index (κ3) is 7.41. The number of carbonyl (C=O) groups excluding carboxylic acids is 3. The zero-order chi connectivity index (χ0) is 33.0. The largest absolute Gasteiger partial charge is 0.497 e. The molecular weight excluding hydrogens is 630 g/mol. The number of carbonyl (C=O) groups is 3. The molecule has 5 rings (SSSR count). The molecule has 11 nitrogen and oxygen atoms in total. The van der Waals surface area contributed by atoms with E-state index in [0.717, 1.165) is 11.9 Å². The molecule has 0 aliphatic carbocycles. The summed E-state index contributed by atoms with van der Waals surface area (Å²) < 4.78 is 15.2. The third-order valence-corrected chi connectivity index (χ3v) is 8.86. The lowest BCUT2D eigenvalue weighted by atomic mass is 10.1. The van der Waals surface area contributed by atoms with E-state index in [2.05, 4.69) is 14.5 Å². The number of hydrogen-bond donors (Lipinski definition) is 0. The van der Waals surface area contributed by atoms with Crippen molar-refractivity contribution in [2.45, 2.75) is 31.9 Å². The highest BCUT2D eigenvalue weighted by atomic mass is 35.5. The van der Waals surface area contributed by atoms with Crippen molar-refractivity contribution in [2.75, 3.05) is 39.8 Å². The summed E-state index contributed by atoms with van der Waals surface area (Å²) in [5.74, 6) is -0.467. The molecule has 13 heteroatoms. The number of aromatic nitrogens is 2. The maximum Gasteiger partial charge on any atom is 0.317 e. The summed E-state index contributed by atoms with van der Waals surface area (Å²) in [7, 11) is 1.55. The fourth-order valence-electron chi connectivity index (χ4n) is 5.65. The van der Waals surface area contributed by atoms with Crippen LogP contribution in [0.2, 0.25) is 5.02 Å². The van der Waals surface area contributed by atoms with Gasteiger partial charge in [0, 0.05) is 93.5 Å². The SMILES string of the molecule is COc1ccc2c(c1)c(CC(=O)Oc1cc(C(=O)N3CCN(CC(C)(C)SN=O)CC3)ccn1)c(C)n2C(=O)c1ccc(Cl)cc1. The predicted molar refractivity (Wildman–Crippen MR) is 178 cm³/mol. The van der Waals surface area contributed by atoms with Gasteiger partial charge in [-0.15, -0.1) is 4.91 Å². The van der Waals surface area contributed by atoms with Crippen molar-refractivity contribution in [3.05, 3.63) is 93.1 Å². The van der Waals surface area contributed by atoms with Crippen molar-refractivity contribution in [2.24, 2.45) is 4.58 Å². The fraction of sp³-hybridized carbons (Fsp3) is 0.333. The second-order valence-electron chi connectivity index (χ2n) is 11.6. The fourth-order valence-corrected chi connectivity index (χ4v) is 6.22. The van der Waals surface area contributed by atoms with E-state index in [4.69, 9.17) is 21.1 Å². The van der Waals surface area contributed by atoms with E-state index in [1.165, 1.54) is 12.3 Å². The monoisotopic (exact) mass is 663 g/mol. The lowest BCUT2D eigenvalue weighted by Gasteiger charge is -2.37. The van der Waals surface area contributed by atoms with Gasteiger partial charge in [0.1, 0.15) is 5.75 Å². The number of benzene rings is 2. The molecule has 0 radical (unpaired) electrons. The van der Waals surface area contributed by atoms with E-state index in [1.807, 2.05) is 13.8 Å². The van der Waals surface area contributed by atoms with Crippen LogP contribution in [0.5, 0.6) is 11.6 Å². The van der Waals surface area contributed by atoms with Gasteiger partial charge in [-0.05, 0) is 74.9 Å². The van der Waals surface area contributed by atoms with Gasteiger partial charge in [-0.3, -0.25) is 23.9 Å². The highest BCUT2D eigenvalue weighted by molar-refractivity contribution is 7.99. The van der Waals surface area contributed by atoms with Crippen LogP contribution in [0.4, 0.5) is 0 Å². The molecule has 0 bridgehead atoms. The lowest BCUT2D eigenvalue weighted by Crippen LogP contribution is -2.51. The molecule has 0 N–H and O–H groups in total. The van der Waals surface area contributed by atoms with Crippen LogP contribution in [-0.2, 0) is 11.2 Å². The average Bonchev–Trinajstić information content (AvgIpc) is 3.30. The number of rotatable bonds is 10. The number of hydrogen-bond acceptors (Lipinski definition) is 10. The Kier molecular flexibility index (Phi) is 10.1. The summed E-state index contributed by atoms with van der Waals surface area (Å²) in [6.07, 6.45) is 1.29. The summed E-state index contributed by atoms with van der Waals surface area (Å²) >= 11 is 7.04. The molecule has 1 aliphatic rings. The second kappa shape index (κ2) is 14.0. The van der Waals surface area contributed by atoms with E-state index in [9.17, 15) is 19.3 Å². The molecule has 4 aromatic rings. The Morgan fingerprint density at radius 3 is 2.37 bits per heavy atom. The maximum absolute atomic E-state index is 13.6. The van der Waals surface area contributed by atoms with Gasteiger partial charge in [-0.2, -0.15) is 0 Å². The van der Waals surface area contributed by atoms with Crippen LogP contribution >= 0.6 is 23.5 Å². The molecule has 0 saturated carbocycles. The molecule has 240 valence electrons. The van der Waals surface area contributed by atoms with E-state index in [1.54, 1.807) is 72.0 Å². The van der Waals surface area contributed by atoms with Crippen LogP contribution in [-0.4, -0.2) is 81.7 Å². The molecule has 0 unspecified atom stereocenters. The van der Waals surface area contributed by atoms with Crippen molar-refractivity contribution in [3.63, 3.8) is 0 Å². The van der Waals surface area contributed by atoms with Crippen LogP contribution < -0.4 is 9.47 Å². The summed E-state index contributed by atoms with van der Waals surface area (Å²) in [5, 5.41) is 1.20. The van der Waals surface area contributed by atoms with Crippen molar-refractivity contribution in [1.82, 2.24) is 19.4 Å². The zero-order valence-electron chi connectivity index (χ0n) is 26.0. The number of nitroso groups, excluding NO2 is 1. The molecule has 3 heterocycles. The number of ether oxygens (including phenoxy) is 2. The third-order valence-electron chi connectivity index (χ3n) is 7.91. The minimum atomic E-state index is -0.597. The number of amides is 1. The predicted octanol–water partition coefficient (Wildman–Crippen LogP) is 5.79. The van der Waals surface area contributed by atoms with E-state index in [0.29, 0.717) is 76.8 Å². The van der Waals surface area contributed by atoms with E-state index in [-0.39, 0.29) is 28.9 Å². The molecular formula is C33H34ClN5O6S. The number of esters is 1. The Hall–Kier alpha value is -4.26. The van der Waals surface area contributed by atoms with Crippen molar-refractivity contribution in [1.29, 1.82) is 0 Å². The number of pyridine rings is 1. The van der Waals surface area contributed by atoms with Gasteiger partial charge >= 0.3 is 5.97 Å². The Balaban J connectivity index is 1.30. The molecule has 2 aromatic carbocycles. The van der Waals surface area contributed by atoms with Gasteiger partial charge in [-0.25, -0.2) is 4.98 Å². The summed E-state index contributed by atoms with van der Waals surface area (Å²) in [4.78, 5) is 59.0. The van der Waals surface area contributed by atoms with Gasteiger partial charge in [0.2, 0.25) is 5.88 Å². The Labute approximate surface area is 275 Å². The first-order chi connectivity index (χ1) is 22.0. The van der Waals surface area contributed by atoms with Crippen molar-refractivity contribution in [3.8, 4) is 11.6 Å². The maximum atomic E-state index is 13.6. The van der Waals surface area contributed by atoms with Crippen molar-refractivity contribution >= 4 is 52.2 Å². The first-order valence-electron chi connectivity index (χ1n) is 14.7. The first kappa shape index (κ1) is 33.1. The second-order valence-corrected chi connectivity index (χ2v) is 13.5. The first-order valence-corrected chi connectivity index (χ1v) is 15.8. The average molecular weight is 664 g/mol. The van der Waals surface area contributed by atoms with Gasteiger partial charge < -0.3 is 14.4 Å². The highest BCUT2D eigenvalue weighted by Gasteiger charge is 2.29. The highest BCUT2D eigenvalue weighted by Crippen LogP contribution is 2.31. The van der Waals surface area contributed by atoms with E-state index < -0.39 is 5.97 Å². The molecule has 1 aliphatic heterocycles. The smallest absolute Gasteiger partial charge is 0.317 e. The van der Waals surface area contributed by atoms with Crippen LogP contribution in [0.25, 0.3) is 10.9 Å². The van der Waals surface area contributed by atoms with Gasteiger partial charge in [0.25, 0.3) is 11.8 Å². The normalized spacial score (nSPS) is 13.9. The summed E-state index contributed by atoms with van der Waals surface area (Å²) in [5.41, 5.74) is 2.62. The van der Waals surface area contributed by atoms with Gasteiger partial charge in [0.05, 0.1) is 19.0 Å². The summed E-state index contributed by atoms with van der Waals surface area (Å²) in [6, 6.07) is 15.0. The van der Waals surface area contributed by atoms with Crippen LogP contribution in [0, 0.1) is 11.8 Å². The molecule has 0 spiro atoms. The topological polar surface area (TPSA) is 123 Å². The number of methoxy groups -OCH3 is 1. The number of piperazine rings is 1. The standard InChI is InChI=1S/C33H34ClN5O6S/c1-21-26(27-18-25(44-4)9-10-28(27)39(21)32(42)22-5-7-24(34)8-6-22)19-30(40)45-29-17-23(11-12-35-29)31(41)38-15-13-37(14-16-38)20-33(2,3)46-36-43/h5-12,17-18H,13-16,19-20H2,1-4H3. The Morgan fingerprint density at radius 1 is 0.978 bits per heavy atom. The minimum Gasteiger partial charge on any atom is -0.497 e. The number of halogens is 1. The molecule has 0 atom stereocenters. The van der Waals surface area contributed by atoms with E-state index >= 15 is 0 Å². The molecule has 1 amide bonds. The molecule has 1 saturated heterocycles. The summed E-state index contributed by atoms with van der Waals surface area (Å²) in [6.45, 7) is 8.76. The Morgan fingerprint density at radius 2 is 1.70 bits per heavy atom. The molecule has 46 heavy (non-hydrogen) atoms. The lowest BCUT2D eigenvalue weighted by molar-refractivity contribution is -0.133. The number of fused-ring (bicyclic) bond motifs is 1. The quantitative estimate of drug-likeness (QED) is 0.118. The van der Waals surface area contributed by atoms with Crippen LogP contribution in [0.1, 0.15) is 45.8 Å². The van der Waals surface area contributed by atoms with Gasteiger partial charge in [-0.1, -0.05) is 11.6 Å². The number of nitrogens with zero attached hydrogens (tertiary/aromatic N) is 5. The van der Waals surface area contributed by atoms with Crippen LogP contribution in [0.15, 0.2) is 65.4 Å². The molecule has 1 fully saturated rings. The zero-order valence-corrected chi connectivity index (χ0v) is 27.6. The van der Waals surface area contributed by atoms with Crippen molar-refractivity contribution < 1.29 is 23.9 Å². The minimum absolute atomic E-state index is 0.00540. The Bertz CT molecular complexity index is 1780. The van der Waals surface area contributed by atoms with Crippen LogP contribution in [0.3, 0.4) is 0 Å².